The van der Waals surface area contributed by atoms with Gasteiger partial charge in [0.2, 0.25) is 0 Å². The van der Waals surface area contributed by atoms with E-state index in [1.54, 1.807) is 0 Å². The minimum Gasteiger partial charge on any atom is -0.399 e. The number of hydrogen-bond acceptors (Lipinski definition) is 4. The molecule has 0 aliphatic heterocycles. The van der Waals surface area contributed by atoms with Gasteiger partial charge in [0.1, 0.15) is 0 Å². The Hall–Kier alpha value is -1.10. The molecule has 12 heavy (non-hydrogen) atoms. The van der Waals surface area contributed by atoms with E-state index in [0.29, 0.717) is 6.54 Å². The molecule has 1 aromatic carbocycles. The lowest BCUT2D eigenvalue weighted by atomic mass is 10.3. The van der Waals surface area contributed by atoms with Crippen LogP contribution in [0.4, 0.5) is 5.69 Å². The van der Waals surface area contributed by atoms with E-state index >= 15 is 0 Å². The molecule has 4 nitrogen and oxygen atoms in total. The van der Waals surface area contributed by atoms with Crippen molar-refractivity contribution >= 4 is 5.69 Å². The SMILES string of the molecule is N.NCCO.Nc1ccccc1. The Morgan fingerprint density at radius 3 is 1.75 bits per heavy atom. The number of nitrogens with two attached hydrogens (primary N) is 2. The first-order valence-corrected chi connectivity index (χ1v) is 3.42. The van der Waals surface area contributed by atoms with Gasteiger partial charge >= 0.3 is 0 Å². The highest BCUT2D eigenvalue weighted by molar-refractivity contribution is 5.35. The summed E-state index contributed by atoms with van der Waals surface area (Å²) in [5.74, 6) is 0. The van der Waals surface area contributed by atoms with Crippen LogP contribution in [0.25, 0.3) is 0 Å². The van der Waals surface area contributed by atoms with Crippen LogP contribution in [0.1, 0.15) is 0 Å². The Balaban J connectivity index is 0. The van der Waals surface area contributed by atoms with Gasteiger partial charge in [-0.2, -0.15) is 0 Å². The Labute approximate surface area is 72.8 Å². The quantitative estimate of drug-likeness (QED) is 0.458. The van der Waals surface area contributed by atoms with Gasteiger partial charge < -0.3 is 22.7 Å². The van der Waals surface area contributed by atoms with Crippen LogP contribution in [-0.4, -0.2) is 18.3 Å². The van der Waals surface area contributed by atoms with E-state index in [0.717, 1.165) is 5.69 Å². The van der Waals surface area contributed by atoms with E-state index in [1.165, 1.54) is 0 Å². The maximum atomic E-state index is 7.75. The zero-order valence-electron chi connectivity index (χ0n) is 7.11. The van der Waals surface area contributed by atoms with Gasteiger partial charge in [-0.05, 0) is 12.1 Å². The molecule has 1 aromatic rings. The standard InChI is InChI=1S/C6H7N.C2H7NO.H3N/c7-6-4-2-1-3-5-6;3-1-2-4;/h1-5H,7H2;4H,1-3H2;1H3. The summed E-state index contributed by atoms with van der Waals surface area (Å²) in [4.78, 5) is 0. The summed E-state index contributed by atoms with van der Waals surface area (Å²) in [6.45, 7) is 0.472. The number of aliphatic hydroxyl groups excluding tert-OH is 1. The van der Waals surface area contributed by atoms with Gasteiger partial charge in [-0.25, -0.2) is 0 Å². The van der Waals surface area contributed by atoms with Crippen LogP contribution in [0, 0.1) is 0 Å². The first-order chi connectivity index (χ1) is 5.31. The van der Waals surface area contributed by atoms with Crippen LogP contribution >= 0.6 is 0 Å². The van der Waals surface area contributed by atoms with Crippen LogP contribution in [-0.2, 0) is 0 Å². The van der Waals surface area contributed by atoms with E-state index in [-0.39, 0.29) is 12.8 Å². The van der Waals surface area contributed by atoms with Gasteiger partial charge in [-0.1, -0.05) is 18.2 Å². The molecule has 0 aromatic heterocycles. The Morgan fingerprint density at radius 2 is 1.58 bits per heavy atom. The minimum atomic E-state index is 0. The first kappa shape index (κ1) is 13.5. The van der Waals surface area contributed by atoms with E-state index in [4.69, 9.17) is 16.6 Å². The van der Waals surface area contributed by atoms with E-state index in [2.05, 4.69) is 0 Å². The number of anilines is 1. The molecule has 0 fully saturated rings. The Bertz CT molecular complexity index is 165. The molecule has 8 N–H and O–H groups in total. The van der Waals surface area contributed by atoms with Crippen molar-refractivity contribution in [2.75, 3.05) is 18.9 Å². The molecule has 0 aliphatic rings. The summed E-state index contributed by atoms with van der Waals surface area (Å²) >= 11 is 0. The van der Waals surface area contributed by atoms with Gasteiger partial charge in [0.15, 0.2) is 0 Å². The zero-order chi connectivity index (χ0) is 8.53. The first-order valence-electron chi connectivity index (χ1n) is 3.42. The van der Waals surface area contributed by atoms with Crippen molar-refractivity contribution in [3.05, 3.63) is 30.3 Å². The number of para-hydroxylation sites is 1. The van der Waals surface area contributed by atoms with Crippen molar-refractivity contribution in [1.82, 2.24) is 6.15 Å². The van der Waals surface area contributed by atoms with Crippen LogP contribution in [0.3, 0.4) is 0 Å². The number of benzene rings is 1. The van der Waals surface area contributed by atoms with Crippen LogP contribution < -0.4 is 17.6 Å². The molecule has 0 heterocycles. The maximum Gasteiger partial charge on any atom is 0.0553 e. The van der Waals surface area contributed by atoms with Crippen LogP contribution in [0.15, 0.2) is 30.3 Å². The van der Waals surface area contributed by atoms with Gasteiger partial charge in [-0.3, -0.25) is 0 Å². The van der Waals surface area contributed by atoms with Gasteiger partial charge in [0.25, 0.3) is 0 Å². The van der Waals surface area contributed by atoms with E-state index in [9.17, 15) is 0 Å². The summed E-state index contributed by atoms with van der Waals surface area (Å²) in [6, 6.07) is 9.49. The summed E-state index contributed by atoms with van der Waals surface area (Å²) in [5, 5.41) is 7.75. The third-order valence-corrected chi connectivity index (χ3v) is 0.929. The molecule has 0 unspecified atom stereocenters. The molecular weight excluding hydrogens is 154 g/mol. The third kappa shape index (κ3) is 8.90. The van der Waals surface area contributed by atoms with Crippen molar-refractivity contribution in [2.45, 2.75) is 0 Å². The largest absolute Gasteiger partial charge is 0.399 e. The summed E-state index contributed by atoms with van der Waals surface area (Å²) in [5.41, 5.74) is 11.0. The smallest absolute Gasteiger partial charge is 0.0553 e. The molecule has 0 bridgehead atoms. The number of hydrogen-bond donors (Lipinski definition) is 4. The molecule has 0 amide bonds. The van der Waals surface area contributed by atoms with Crippen molar-refractivity contribution in [2.24, 2.45) is 5.73 Å². The lowest BCUT2D eigenvalue weighted by Gasteiger charge is -1.83. The second-order valence-corrected chi connectivity index (χ2v) is 1.92. The fraction of sp³-hybridized carbons (Fsp3) is 0.250. The third-order valence-electron chi connectivity index (χ3n) is 0.929. The topological polar surface area (TPSA) is 107 Å². The second-order valence-electron chi connectivity index (χ2n) is 1.92. The average Bonchev–Trinajstić information content (AvgIpc) is 2.07. The Kier molecular flexibility index (Phi) is 11.1. The molecule has 0 saturated carbocycles. The summed E-state index contributed by atoms with van der Waals surface area (Å²) < 4.78 is 0. The molecule has 0 aliphatic carbocycles. The number of aliphatic hydroxyl groups is 1. The van der Waals surface area contributed by atoms with Crippen LogP contribution in [0.5, 0.6) is 0 Å². The van der Waals surface area contributed by atoms with Gasteiger partial charge in [0.05, 0.1) is 6.61 Å². The lowest BCUT2D eigenvalue weighted by molar-refractivity contribution is 0.306. The van der Waals surface area contributed by atoms with E-state index in [1.807, 2.05) is 30.3 Å². The average molecular weight is 171 g/mol. The van der Waals surface area contributed by atoms with Crippen molar-refractivity contribution < 1.29 is 5.11 Å². The van der Waals surface area contributed by atoms with Crippen molar-refractivity contribution in [3.63, 3.8) is 0 Å². The molecule has 0 saturated heterocycles. The predicted octanol–water partition coefficient (Wildman–Crippen LogP) is 0.368. The van der Waals surface area contributed by atoms with Crippen LogP contribution in [0.2, 0.25) is 0 Å². The molecule has 70 valence electrons. The molecule has 0 spiro atoms. The predicted molar refractivity (Wildman–Crippen MR) is 52.0 cm³/mol. The highest BCUT2D eigenvalue weighted by atomic mass is 16.3. The molecule has 0 atom stereocenters. The minimum absolute atomic E-state index is 0. The fourth-order valence-electron chi connectivity index (χ4n) is 0.453. The summed E-state index contributed by atoms with van der Waals surface area (Å²) in [6.07, 6.45) is 0. The zero-order valence-corrected chi connectivity index (χ0v) is 7.11. The Morgan fingerprint density at radius 1 is 1.17 bits per heavy atom. The molecular formula is C8H17N3O. The maximum absolute atomic E-state index is 7.75. The molecule has 4 heteroatoms. The van der Waals surface area contributed by atoms with E-state index < -0.39 is 0 Å². The van der Waals surface area contributed by atoms with Crippen molar-refractivity contribution in [1.29, 1.82) is 0 Å². The highest BCUT2D eigenvalue weighted by Crippen LogP contribution is 1.95. The monoisotopic (exact) mass is 171 g/mol. The normalized spacial score (nSPS) is 7.50. The molecule has 1 rings (SSSR count). The highest BCUT2D eigenvalue weighted by Gasteiger charge is 1.72. The lowest BCUT2D eigenvalue weighted by Crippen LogP contribution is -2.02. The second kappa shape index (κ2) is 9.90. The molecule has 0 radical (unpaired) electrons. The van der Waals surface area contributed by atoms with Crippen molar-refractivity contribution in [3.8, 4) is 0 Å². The number of nitrogen functional groups attached to an aromatic ring is 1. The number of rotatable bonds is 1. The van der Waals surface area contributed by atoms with Gasteiger partial charge in [-0.15, -0.1) is 0 Å². The van der Waals surface area contributed by atoms with Gasteiger partial charge in [0, 0.05) is 12.2 Å². The summed E-state index contributed by atoms with van der Waals surface area (Å²) in [7, 11) is 0. The fourth-order valence-corrected chi connectivity index (χ4v) is 0.453.